The molecule has 1 N–H and O–H groups in total. The van der Waals surface area contributed by atoms with Crippen LogP contribution < -0.4 is 4.90 Å². The molecule has 112 valence electrons. The zero-order valence-electron chi connectivity index (χ0n) is 12.2. The fourth-order valence-corrected chi connectivity index (χ4v) is 3.83. The number of thioether (sulfide) groups is 1. The van der Waals surface area contributed by atoms with Crippen molar-refractivity contribution in [1.82, 2.24) is 10.0 Å². The van der Waals surface area contributed by atoms with Gasteiger partial charge in [-0.1, -0.05) is 26.1 Å². The highest BCUT2D eigenvalue weighted by atomic mass is 32.2. The van der Waals surface area contributed by atoms with Crippen molar-refractivity contribution in [2.75, 3.05) is 26.3 Å². The number of fused-ring (bicyclic) bond motifs is 1. The molecule has 7 heteroatoms. The van der Waals surface area contributed by atoms with Crippen LogP contribution in [-0.4, -0.2) is 51.7 Å². The minimum Gasteiger partial charge on any atom is -0.316 e. The normalized spacial score (nSPS) is 19.4. The molecule has 2 heterocycles. The van der Waals surface area contributed by atoms with Gasteiger partial charge in [0.2, 0.25) is 5.91 Å². The number of nitrogens with one attached hydrogen (secondary N) is 1. The van der Waals surface area contributed by atoms with Crippen LogP contribution in [0, 0.1) is 0 Å². The van der Waals surface area contributed by atoms with Crippen LogP contribution in [0.5, 0.6) is 0 Å². The van der Waals surface area contributed by atoms with E-state index in [1.807, 2.05) is 0 Å². The summed E-state index contributed by atoms with van der Waals surface area (Å²) < 4.78 is 0.822. The Kier molecular flexibility index (Phi) is 5.80. The van der Waals surface area contributed by atoms with Crippen molar-refractivity contribution in [3.05, 3.63) is 0 Å². The van der Waals surface area contributed by atoms with Gasteiger partial charge in [-0.2, -0.15) is 4.99 Å². The Bertz CT molecular complexity index is 407. The number of thiocarbonyl (C=S) groups is 1. The highest BCUT2D eigenvalue weighted by Crippen LogP contribution is 2.27. The van der Waals surface area contributed by atoms with Gasteiger partial charge in [0.1, 0.15) is 0 Å². The van der Waals surface area contributed by atoms with Gasteiger partial charge in [0, 0.05) is 13.0 Å². The molecule has 0 saturated carbocycles. The Labute approximate surface area is 130 Å². The molecule has 1 amide bonds. The van der Waals surface area contributed by atoms with Crippen molar-refractivity contribution in [3.8, 4) is 0 Å². The summed E-state index contributed by atoms with van der Waals surface area (Å²) in [6.45, 7) is 8.44. The number of carbonyl (C=O) groups excluding carboxylic acids is 1. The minimum atomic E-state index is -0.0223. The van der Waals surface area contributed by atoms with E-state index in [4.69, 9.17) is 12.2 Å². The Balaban J connectivity index is 2.08. The number of carbonyl (C=O) groups is 1. The highest BCUT2D eigenvalue weighted by Gasteiger charge is 2.36. The molecule has 2 rings (SSSR count). The summed E-state index contributed by atoms with van der Waals surface area (Å²) in [5.74, 6) is -0.0223. The van der Waals surface area contributed by atoms with Crippen LogP contribution in [-0.2, 0) is 4.79 Å². The van der Waals surface area contributed by atoms with Crippen LogP contribution in [0.15, 0.2) is 4.99 Å². The molecule has 0 atom stereocenters. The first-order chi connectivity index (χ1) is 9.65. The lowest BCUT2D eigenvalue weighted by Crippen LogP contribution is -3.13. The molecule has 2 aliphatic heterocycles. The third-order valence-corrected chi connectivity index (χ3v) is 4.79. The second-order valence-electron chi connectivity index (χ2n) is 5.19. The number of hydrogen-bond acceptors (Lipinski definition) is 4. The molecule has 0 aromatic heterocycles. The molecular weight excluding hydrogens is 292 g/mol. The lowest BCUT2D eigenvalue weighted by atomic mass is 10.3. The van der Waals surface area contributed by atoms with Crippen LogP contribution in [0.1, 0.15) is 39.5 Å². The third-order valence-electron chi connectivity index (χ3n) is 3.46. The maximum absolute atomic E-state index is 11.6. The minimum absolute atomic E-state index is 0.0223. The number of amidine groups is 1. The zero-order chi connectivity index (χ0) is 14.5. The van der Waals surface area contributed by atoms with Gasteiger partial charge in [0.15, 0.2) is 16.2 Å². The first-order valence-corrected chi connectivity index (χ1v) is 8.60. The lowest BCUT2D eigenvalue weighted by Gasteiger charge is -2.31. The summed E-state index contributed by atoms with van der Waals surface area (Å²) in [6.07, 6.45) is 3.73. The van der Waals surface area contributed by atoms with Crippen molar-refractivity contribution in [3.63, 3.8) is 0 Å². The van der Waals surface area contributed by atoms with E-state index in [1.165, 1.54) is 29.5 Å². The van der Waals surface area contributed by atoms with Crippen molar-refractivity contribution in [2.24, 2.45) is 4.99 Å². The van der Waals surface area contributed by atoms with Gasteiger partial charge in [-0.05, 0) is 31.0 Å². The quantitative estimate of drug-likeness (QED) is 0.737. The summed E-state index contributed by atoms with van der Waals surface area (Å²) in [5, 5.41) is 5.01. The Hall–Kier alpha value is -0.660. The fourth-order valence-electron chi connectivity index (χ4n) is 2.58. The molecule has 0 radical (unpaired) electrons. The maximum Gasteiger partial charge on any atom is 0.248 e. The SMILES string of the molecule is CCC[NH+](CCC)CN1C(=S)SC2=NC(=O)CCCN21. The topological polar surface area (TPSA) is 40.4 Å². The standard InChI is InChI=1S/C13H22N4OS2/c1-3-7-15(8-4-2)10-17-13(19)20-12-14-11(18)6-5-9-16(12)17/h3-10H2,1-2H3/p+1. The molecule has 0 spiro atoms. The number of amides is 1. The zero-order valence-corrected chi connectivity index (χ0v) is 13.9. The molecular formula is C13H23N4OS2+. The molecule has 0 aromatic rings. The largest absolute Gasteiger partial charge is 0.316 e. The van der Waals surface area contributed by atoms with Crippen LogP contribution in [0.3, 0.4) is 0 Å². The molecule has 1 fully saturated rings. The van der Waals surface area contributed by atoms with E-state index in [9.17, 15) is 4.79 Å². The van der Waals surface area contributed by atoms with Crippen molar-refractivity contribution >= 4 is 39.4 Å². The number of aliphatic imine (C=N–C) groups is 1. The van der Waals surface area contributed by atoms with Gasteiger partial charge >= 0.3 is 0 Å². The predicted octanol–water partition coefficient (Wildman–Crippen LogP) is 0.876. The molecule has 2 aliphatic rings. The average Bonchev–Trinajstić information content (AvgIpc) is 2.57. The molecule has 0 unspecified atom stereocenters. The van der Waals surface area contributed by atoms with Gasteiger partial charge in [-0.15, -0.1) is 0 Å². The van der Waals surface area contributed by atoms with E-state index in [0.29, 0.717) is 6.42 Å². The number of hydrazine groups is 1. The van der Waals surface area contributed by atoms with Gasteiger partial charge in [0.25, 0.3) is 0 Å². The van der Waals surface area contributed by atoms with Gasteiger partial charge < -0.3 is 4.90 Å². The summed E-state index contributed by atoms with van der Waals surface area (Å²) in [4.78, 5) is 17.3. The van der Waals surface area contributed by atoms with Gasteiger partial charge in [-0.3, -0.25) is 9.80 Å². The molecule has 0 aliphatic carbocycles. The first kappa shape index (κ1) is 15.7. The number of rotatable bonds is 6. The van der Waals surface area contributed by atoms with Gasteiger partial charge in [-0.25, -0.2) is 5.01 Å². The molecule has 0 bridgehead atoms. The van der Waals surface area contributed by atoms with E-state index in [1.54, 1.807) is 0 Å². The van der Waals surface area contributed by atoms with E-state index in [-0.39, 0.29) is 5.91 Å². The summed E-state index contributed by atoms with van der Waals surface area (Å²) in [6, 6.07) is 0. The van der Waals surface area contributed by atoms with Crippen molar-refractivity contribution < 1.29 is 9.69 Å². The molecule has 5 nitrogen and oxygen atoms in total. The van der Waals surface area contributed by atoms with E-state index in [2.05, 4.69) is 28.9 Å². The van der Waals surface area contributed by atoms with Crippen molar-refractivity contribution in [2.45, 2.75) is 39.5 Å². The first-order valence-electron chi connectivity index (χ1n) is 7.37. The van der Waals surface area contributed by atoms with Crippen LogP contribution in [0.2, 0.25) is 0 Å². The van der Waals surface area contributed by atoms with Crippen LogP contribution in [0.4, 0.5) is 0 Å². The molecule has 20 heavy (non-hydrogen) atoms. The van der Waals surface area contributed by atoms with Gasteiger partial charge in [0.05, 0.1) is 13.1 Å². The second-order valence-corrected chi connectivity index (χ2v) is 6.79. The van der Waals surface area contributed by atoms with Crippen LogP contribution >= 0.6 is 24.0 Å². The predicted molar refractivity (Wildman–Crippen MR) is 86.6 cm³/mol. The fraction of sp³-hybridized carbons (Fsp3) is 0.769. The van der Waals surface area contributed by atoms with E-state index < -0.39 is 0 Å². The number of hydrogen-bond donors (Lipinski definition) is 1. The van der Waals surface area contributed by atoms with E-state index >= 15 is 0 Å². The smallest absolute Gasteiger partial charge is 0.248 e. The Morgan fingerprint density at radius 3 is 2.70 bits per heavy atom. The second kappa shape index (κ2) is 7.38. The van der Waals surface area contributed by atoms with Crippen molar-refractivity contribution in [1.29, 1.82) is 0 Å². The third kappa shape index (κ3) is 3.71. The lowest BCUT2D eigenvalue weighted by molar-refractivity contribution is -0.910. The summed E-state index contributed by atoms with van der Waals surface area (Å²) in [7, 11) is 0. The number of quaternary nitrogens is 1. The average molecular weight is 315 g/mol. The van der Waals surface area contributed by atoms with Crippen LogP contribution in [0.25, 0.3) is 0 Å². The Morgan fingerprint density at radius 1 is 1.35 bits per heavy atom. The highest BCUT2D eigenvalue weighted by molar-refractivity contribution is 8.33. The summed E-state index contributed by atoms with van der Waals surface area (Å²) in [5.41, 5.74) is 0. The molecule has 0 aromatic carbocycles. The maximum atomic E-state index is 11.6. The number of nitrogens with zero attached hydrogens (tertiary/aromatic N) is 3. The molecule has 1 saturated heterocycles. The monoisotopic (exact) mass is 315 g/mol. The summed E-state index contributed by atoms with van der Waals surface area (Å²) >= 11 is 6.92. The van der Waals surface area contributed by atoms with E-state index in [0.717, 1.165) is 42.2 Å². The Morgan fingerprint density at radius 2 is 2.05 bits per heavy atom.